The zero-order valence-corrected chi connectivity index (χ0v) is 19.9. The van der Waals surface area contributed by atoms with E-state index in [0.717, 1.165) is 5.39 Å². The number of fused-ring (bicyclic) bond motifs is 2. The molecule has 0 radical (unpaired) electrons. The smallest absolute Gasteiger partial charge is 0.412 e. The third kappa shape index (κ3) is 3.93. The molecule has 182 valence electrons. The van der Waals surface area contributed by atoms with Gasteiger partial charge in [-0.1, -0.05) is 31.2 Å². The number of H-pyrrole nitrogens is 1. The predicted molar refractivity (Wildman–Crippen MR) is 135 cm³/mol. The molecule has 2 heterocycles. The normalized spacial score (nSPS) is 18.1. The number of nitrogens with zero attached hydrogens (tertiary/aromatic N) is 1. The number of aromatic amines is 1. The van der Waals surface area contributed by atoms with Crippen LogP contribution in [0, 0.1) is 23.0 Å². The van der Waals surface area contributed by atoms with Gasteiger partial charge in [0.15, 0.2) is 0 Å². The minimum absolute atomic E-state index is 0.133. The minimum atomic E-state index is -0.821. The molecule has 0 aliphatic carbocycles. The molecule has 1 amide bonds. The summed E-state index contributed by atoms with van der Waals surface area (Å²) in [6, 6.07) is 16.9. The van der Waals surface area contributed by atoms with E-state index in [1.807, 2.05) is 32.0 Å². The number of benzene rings is 3. The summed E-state index contributed by atoms with van der Waals surface area (Å²) in [5, 5.41) is 15.7. The lowest BCUT2D eigenvalue weighted by Gasteiger charge is -2.44. The maximum Gasteiger partial charge on any atom is 0.412 e. The number of rotatable bonds is 3. The third-order valence-corrected chi connectivity index (χ3v) is 6.66. The lowest BCUT2D eigenvalue weighted by atomic mass is 9.77. The topological polar surface area (TPSA) is 89.9 Å². The Balaban J connectivity index is 1.51. The number of anilines is 2. The van der Waals surface area contributed by atoms with Gasteiger partial charge in [-0.15, -0.1) is 0 Å². The summed E-state index contributed by atoms with van der Waals surface area (Å²) in [5.41, 5.74) is 1.47. The van der Waals surface area contributed by atoms with E-state index in [1.165, 1.54) is 12.1 Å². The van der Waals surface area contributed by atoms with Crippen LogP contribution in [0.2, 0.25) is 0 Å². The van der Waals surface area contributed by atoms with E-state index in [0.29, 0.717) is 28.0 Å². The van der Waals surface area contributed by atoms with Gasteiger partial charge in [0.25, 0.3) is 0 Å². The molecule has 2 atom stereocenters. The van der Waals surface area contributed by atoms with Crippen LogP contribution in [0.25, 0.3) is 22.0 Å². The molecule has 4 aromatic rings. The molecule has 1 aliphatic heterocycles. The number of ether oxygens (including phenoxy) is 1. The van der Waals surface area contributed by atoms with Gasteiger partial charge in [0.2, 0.25) is 0 Å². The molecule has 6 nitrogen and oxygen atoms in total. The number of aromatic nitrogens is 1. The zero-order valence-electron chi connectivity index (χ0n) is 19.9. The lowest BCUT2D eigenvalue weighted by Crippen LogP contribution is -2.52. The van der Waals surface area contributed by atoms with Crippen molar-refractivity contribution in [3.63, 3.8) is 0 Å². The Morgan fingerprint density at radius 2 is 1.92 bits per heavy atom. The summed E-state index contributed by atoms with van der Waals surface area (Å²) in [5.74, 6) is -1.97. The summed E-state index contributed by atoms with van der Waals surface area (Å²) in [4.78, 5) is 15.8. The first-order valence-corrected chi connectivity index (χ1v) is 11.5. The fourth-order valence-corrected chi connectivity index (χ4v) is 5.10. The van der Waals surface area contributed by atoms with E-state index < -0.39 is 35.3 Å². The molecule has 3 aromatic carbocycles. The van der Waals surface area contributed by atoms with Crippen LogP contribution >= 0.6 is 0 Å². The van der Waals surface area contributed by atoms with Crippen molar-refractivity contribution in [1.82, 2.24) is 4.98 Å². The molecule has 0 bridgehead atoms. The van der Waals surface area contributed by atoms with Crippen LogP contribution in [0.5, 0.6) is 0 Å². The van der Waals surface area contributed by atoms with Crippen LogP contribution in [-0.4, -0.2) is 22.7 Å². The second kappa shape index (κ2) is 8.68. The molecule has 36 heavy (non-hydrogen) atoms. The minimum Gasteiger partial charge on any atom is -0.443 e. The fraction of sp³-hybridized carbons (Fsp3) is 0.214. The van der Waals surface area contributed by atoms with Gasteiger partial charge in [0.1, 0.15) is 17.7 Å². The van der Waals surface area contributed by atoms with Gasteiger partial charge in [-0.3, -0.25) is 5.32 Å². The van der Waals surface area contributed by atoms with Crippen LogP contribution in [0.1, 0.15) is 37.8 Å². The Morgan fingerprint density at radius 3 is 2.69 bits per heavy atom. The van der Waals surface area contributed by atoms with Crippen molar-refractivity contribution in [3.05, 3.63) is 83.6 Å². The molecule has 1 aliphatic rings. The number of carbonyl (C=O) groups excluding carboxylic acids is 1. The van der Waals surface area contributed by atoms with Crippen LogP contribution in [-0.2, 0) is 4.74 Å². The molecular formula is C28H24F2N4O2. The van der Waals surface area contributed by atoms with Crippen molar-refractivity contribution in [3.8, 4) is 17.2 Å². The molecule has 3 N–H and O–H groups in total. The summed E-state index contributed by atoms with van der Waals surface area (Å²) < 4.78 is 37.2. The number of carbonyl (C=O) groups is 1. The molecule has 8 heteroatoms. The Hall–Kier alpha value is -4.38. The summed E-state index contributed by atoms with van der Waals surface area (Å²) in [6.45, 7) is 5.38. The predicted octanol–water partition coefficient (Wildman–Crippen LogP) is 6.91. The van der Waals surface area contributed by atoms with Gasteiger partial charge in [-0.25, -0.2) is 13.6 Å². The van der Waals surface area contributed by atoms with Crippen molar-refractivity contribution >= 4 is 28.4 Å². The highest BCUT2D eigenvalue weighted by molar-refractivity contribution is 5.95. The highest BCUT2D eigenvalue weighted by Crippen LogP contribution is 2.46. The zero-order chi connectivity index (χ0) is 25.6. The van der Waals surface area contributed by atoms with E-state index in [9.17, 15) is 4.79 Å². The molecule has 0 saturated heterocycles. The van der Waals surface area contributed by atoms with E-state index in [-0.39, 0.29) is 11.1 Å². The average molecular weight is 487 g/mol. The van der Waals surface area contributed by atoms with Crippen molar-refractivity contribution < 1.29 is 18.3 Å². The summed E-state index contributed by atoms with van der Waals surface area (Å²) in [6.07, 6.45) is 0.210. The van der Waals surface area contributed by atoms with Gasteiger partial charge in [-0.2, -0.15) is 5.26 Å². The van der Waals surface area contributed by atoms with Crippen molar-refractivity contribution in [2.75, 3.05) is 10.6 Å². The Labute approximate surface area is 206 Å². The largest absolute Gasteiger partial charge is 0.443 e. The van der Waals surface area contributed by atoms with Crippen molar-refractivity contribution in [1.29, 1.82) is 5.26 Å². The first-order valence-electron chi connectivity index (χ1n) is 11.5. The fourth-order valence-electron chi connectivity index (χ4n) is 5.10. The highest BCUT2D eigenvalue weighted by Gasteiger charge is 2.45. The highest BCUT2D eigenvalue weighted by atomic mass is 19.1. The second-order valence-electron chi connectivity index (χ2n) is 9.53. The second-order valence-corrected chi connectivity index (χ2v) is 9.53. The SMILES string of the molecule is CC1c2c(cc(F)c(-c3cccc4cc[nH]c34)c2F)NC(C)(C)C1OC(=O)Nc1cccc(C#N)c1. The average Bonchev–Trinajstić information content (AvgIpc) is 3.31. The third-order valence-electron chi connectivity index (χ3n) is 6.66. The summed E-state index contributed by atoms with van der Waals surface area (Å²) >= 11 is 0. The van der Waals surface area contributed by atoms with E-state index >= 15 is 8.78 Å². The Bertz CT molecular complexity index is 1540. The van der Waals surface area contributed by atoms with Crippen molar-refractivity contribution in [2.24, 2.45) is 0 Å². The molecule has 0 saturated carbocycles. The molecule has 2 unspecified atom stereocenters. The van der Waals surface area contributed by atoms with E-state index in [1.54, 1.807) is 43.5 Å². The van der Waals surface area contributed by atoms with Gasteiger partial charge in [0.05, 0.1) is 28.3 Å². The molecule has 1 aromatic heterocycles. The number of hydrogen-bond donors (Lipinski definition) is 3. The Morgan fingerprint density at radius 1 is 1.14 bits per heavy atom. The quantitative estimate of drug-likeness (QED) is 0.294. The lowest BCUT2D eigenvalue weighted by molar-refractivity contribution is 0.0561. The molecule has 0 fully saturated rings. The van der Waals surface area contributed by atoms with Crippen LogP contribution in [0.4, 0.5) is 25.0 Å². The number of nitriles is 1. The first-order chi connectivity index (χ1) is 17.2. The number of halogens is 2. The standard InChI is InChI=1S/C28H24F2N4O2/c1-15-22-21(13-20(29)23(24(22)30)19-9-5-7-17-10-11-32-25(17)19)34-28(2,3)26(15)36-27(35)33-18-8-4-6-16(12-18)14-31/h4-13,15,26,32,34H,1-3H3,(H,33,35). The number of para-hydroxylation sites is 1. The van der Waals surface area contributed by atoms with Crippen LogP contribution < -0.4 is 10.6 Å². The van der Waals surface area contributed by atoms with Crippen LogP contribution in [0.15, 0.2) is 60.8 Å². The number of hydrogen-bond acceptors (Lipinski definition) is 4. The van der Waals surface area contributed by atoms with Gasteiger partial charge >= 0.3 is 6.09 Å². The molecule has 5 rings (SSSR count). The van der Waals surface area contributed by atoms with Crippen LogP contribution in [0.3, 0.4) is 0 Å². The first kappa shape index (κ1) is 23.4. The van der Waals surface area contributed by atoms with Crippen molar-refractivity contribution in [2.45, 2.75) is 38.3 Å². The van der Waals surface area contributed by atoms with E-state index in [4.69, 9.17) is 10.00 Å². The monoisotopic (exact) mass is 486 g/mol. The molecular weight excluding hydrogens is 462 g/mol. The molecule has 0 spiro atoms. The van der Waals surface area contributed by atoms with E-state index in [2.05, 4.69) is 15.6 Å². The van der Waals surface area contributed by atoms with Gasteiger partial charge < -0.3 is 15.0 Å². The Kier molecular flexibility index (Phi) is 5.64. The number of amides is 1. The maximum atomic E-state index is 16.1. The summed E-state index contributed by atoms with van der Waals surface area (Å²) in [7, 11) is 0. The van der Waals surface area contributed by atoms with Gasteiger partial charge in [0, 0.05) is 34.6 Å². The van der Waals surface area contributed by atoms with Gasteiger partial charge in [-0.05, 0) is 49.6 Å². The maximum absolute atomic E-state index is 16.1. The number of nitrogens with one attached hydrogen (secondary N) is 3.